The number of terminal acetylenes is 3. The summed E-state index contributed by atoms with van der Waals surface area (Å²) in [6, 6.07) is 0.527. The van der Waals surface area contributed by atoms with Crippen LogP contribution in [-0.4, -0.2) is 25.6 Å². The Balaban J connectivity index is 6.01. The zero-order valence-corrected chi connectivity index (χ0v) is 17.3. The van der Waals surface area contributed by atoms with Crippen molar-refractivity contribution < 1.29 is 13.3 Å². The van der Waals surface area contributed by atoms with E-state index >= 15 is 0 Å². The molecule has 0 saturated heterocycles. The first-order chi connectivity index (χ1) is 11.0. The van der Waals surface area contributed by atoms with Gasteiger partial charge in [-0.1, -0.05) is 45.5 Å². The molecule has 0 N–H and O–H groups in total. The van der Waals surface area contributed by atoms with Gasteiger partial charge in [0.05, 0.1) is 0 Å². The molecule has 3 nitrogen and oxygen atoms in total. The molecule has 3 unspecified atom stereocenters. The van der Waals surface area contributed by atoms with E-state index in [9.17, 15) is 0 Å². The molecule has 0 aromatic rings. The highest BCUT2D eigenvalue weighted by molar-refractivity contribution is 6.61. The molecule has 0 fully saturated rings. The molecular formula is C20H32O3Si. The summed E-state index contributed by atoms with van der Waals surface area (Å²) in [6.45, 7) is 13.4. The molecule has 3 atom stereocenters. The van der Waals surface area contributed by atoms with Gasteiger partial charge in [0, 0.05) is 6.04 Å². The number of rotatable bonds is 10. The SMILES string of the molecule is C#CC(C)(CC)O[Si](CC)(OC(C)(C#C)CC)OC(C)(C#C)CC. The van der Waals surface area contributed by atoms with Gasteiger partial charge in [-0.25, -0.2) is 0 Å². The maximum atomic E-state index is 6.34. The second-order valence-corrected chi connectivity index (χ2v) is 9.21. The first-order valence-electron chi connectivity index (χ1n) is 8.58. The third kappa shape index (κ3) is 5.69. The van der Waals surface area contributed by atoms with Crippen LogP contribution in [-0.2, 0) is 13.3 Å². The summed E-state index contributed by atoms with van der Waals surface area (Å²) < 4.78 is 19.0. The molecule has 0 aromatic carbocycles. The summed E-state index contributed by atoms with van der Waals surface area (Å²) in [5.74, 6) is 8.13. The Kier molecular flexibility index (Phi) is 8.30. The van der Waals surface area contributed by atoms with Gasteiger partial charge in [0.2, 0.25) is 0 Å². The van der Waals surface area contributed by atoms with Gasteiger partial charge in [-0.15, -0.1) is 19.3 Å². The van der Waals surface area contributed by atoms with Crippen molar-refractivity contribution in [1.29, 1.82) is 0 Å². The van der Waals surface area contributed by atoms with E-state index in [1.165, 1.54) is 0 Å². The van der Waals surface area contributed by atoms with Crippen molar-refractivity contribution >= 4 is 8.80 Å². The van der Waals surface area contributed by atoms with E-state index in [2.05, 4.69) is 17.8 Å². The van der Waals surface area contributed by atoms with E-state index in [1.54, 1.807) is 0 Å². The van der Waals surface area contributed by atoms with Crippen molar-refractivity contribution in [3.63, 3.8) is 0 Å². The van der Waals surface area contributed by atoms with Crippen LogP contribution < -0.4 is 0 Å². The van der Waals surface area contributed by atoms with E-state index in [4.69, 9.17) is 32.5 Å². The van der Waals surface area contributed by atoms with Crippen molar-refractivity contribution in [1.82, 2.24) is 0 Å². The summed E-state index contributed by atoms with van der Waals surface area (Å²) in [5, 5.41) is 0. The molecular weight excluding hydrogens is 316 g/mol. The Labute approximate surface area is 150 Å². The van der Waals surface area contributed by atoms with E-state index < -0.39 is 25.6 Å². The Morgan fingerprint density at radius 3 is 1.04 bits per heavy atom. The van der Waals surface area contributed by atoms with Crippen LogP contribution in [0.1, 0.15) is 67.7 Å². The van der Waals surface area contributed by atoms with Crippen LogP contribution in [0.15, 0.2) is 0 Å². The summed E-state index contributed by atoms with van der Waals surface area (Å²) in [6.07, 6.45) is 19.0. The molecule has 0 saturated carbocycles. The van der Waals surface area contributed by atoms with Crippen LogP contribution in [0, 0.1) is 37.0 Å². The van der Waals surface area contributed by atoms with Gasteiger partial charge in [-0.3, -0.25) is 0 Å². The topological polar surface area (TPSA) is 27.7 Å². The molecule has 0 heterocycles. The zero-order valence-electron chi connectivity index (χ0n) is 16.3. The zero-order chi connectivity index (χ0) is 19.1. The van der Waals surface area contributed by atoms with E-state index in [-0.39, 0.29) is 0 Å². The highest BCUT2D eigenvalue weighted by Crippen LogP contribution is 2.34. The van der Waals surface area contributed by atoms with Crippen molar-refractivity contribution in [2.45, 2.75) is 90.6 Å². The Hall–Kier alpha value is -1.22. The molecule has 0 aliphatic carbocycles. The monoisotopic (exact) mass is 348 g/mol. The molecule has 0 spiro atoms. The quantitative estimate of drug-likeness (QED) is 0.432. The maximum absolute atomic E-state index is 6.34. The second-order valence-electron chi connectivity index (χ2n) is 6.53. The first kappa shape index (κ1) is 22.8. The number of hydrogen-bond donors (Lipinski definition) is 0. The van der Waals surface area contributed by atoms with Crippen molar-refractivity contribution in [2.75, 3.05) is 0 Å². The molecule has 0 amide bonds. The van der Waals surface area contributed by atoms with Gasteiger partial charge in [0.25, 0.3) is 0 Å². The predicted octanol–water partition coefficient (Wildman–Crippen LogP) is 4.40. The maximum Gasteiger partial charge on any atom is 0.504 e. The fourth-order valence-corrected chi connectivity index (χ4v) is 5.15. The lowest BCUT2D eigenvalue weighted by molar-refractivity contribution is -0.0616. The second kappa shape index (κ2) is 8.75. The highest BCUT2D eigenvalue weighted by Gasteiger charge is 2.52. The average molecular weight is 349 g/mol. The molecule has 0 bridgehead atoms. The minimum absolute atomic E-state index is 0.527. The van der Waals surface area contributed by atoms with Gasteiger partial charge >= 0.3 is 8.80 Å². The van der Waals surface area contributed by atoms with Gasteiger partial charge in [0.15, 0.2) is 0 Å². The van der Waals surface area contributed by atoms with Crippen molar-refractivity contribution in [3.05, 3.63) is 0 Å². The summed E-state index contributed by atoms with van der Waals surface area (Å²) in [7, 11) is -3.23. The largest absolute Gasteiger partial charge is 0.504 e. The third-order valence-electron chi connectivity index (χ3n) is 4.52. The number of hydrogen-bond acceptors (Lipinski definition) is 3. The van der Waals surface area contributed by atoms with E-state index in [0.29, 0.717) is 25.3 Å². The molecule has 24 heavy (non-hydrogen) atoms. The normalized spacial score (nSPS) is 21.0. The molecule has 0 aliphatic rings. The van der Waals surface area contributed by atoms with Crippen LogP contribution in [0.4, 0.5) is 0 Å². The third-order valence-corrected chi connectivity index (χ3v) is 7.67. The van der Waals surface area contributed by atoms with E-state index in [0.717, 1.165) is 0 Å². The van der Waals surface area contributed by atoms with Crippen molar-refractivity contribution in [3.8, 4) is 37.0 Å². The fourth-order valence-electron chi connectivity index (χ4n) is 1.92. The fraction of sp³-hybridized carbons (Fsp3) is 0.700. The molecule has 4 heteroatoms. The highest BCUT2D eigenvalue weighted by atomic mass is 28.4. The van der Waals surface area contributed by atoms with Crippen LogP contribution >= 0.6 is 0 Å². The van der Waals surface area contributed by atoms with Gasteiger partial charge in [-0.05, 0) is 40.0 Å². The standard InChI is InChI=1S/C20H32O3Si/c1-11-18(8,12-2)21-24(17-7,22-19(9,13-3)14-4)23-20(10,15-5)16-6/h1,3,5H,12,14,16-17H2,2,4,6-10H3. The lowest BCUT2D eigenvalue weighted by atomic mass is 10.1. The summed E-state index contributed by atoms with van der Waals surface area (Å²) in [4.78, 5) is 0. The average Bonchev–Trinajstić information content (AvgIpc) is 2.61. The Morgan fingerprint density at radius 1 is 0.667 bits per heavy atom. The first-order valence-corrected chi connectivity index (χ1v) is 10.5. The molecule has 0 aromatic heterocycles. The van der Waals surface area contributed by atoms with Gasteiger partial charge in [-0.2, -0.15) is 0 Å². The van der Waals surface area contributed by atoms with Gasteiger partial charge in [0.1, 0.15) is 16.8 Å². The molecule has 0 radical (unpaired) electrons. The van der Waals surface area contributed by atoms with Crippen LogP contribution in [0.5, 0.6) is 0 Å². The Bertz CT molecular complexity index is 464. The summed E-state index contributed by atoms with van der Waals surface area (Å²) in [5.41, 5.74) is -2.39. The minimum atomic E-state index is -3.23. The van der Waals surface area contributed by atoms with Crippen LogP contribution in [0.3, 0.4) is 0 Å². The van der Waals surface area contributed by atoms with E-state index in [1.807, 2.05) is 48.5 Å². The summed E-state index contributed by atoms with van der Waals surface area (Å²) >= 11 is 0. The van der Waals surface area contributed by atoms with Crippen LogP contribution in [0.25, 0.3) is 0 Å². The lowest BCUT2D eigenvalue weighted by Crippen LogP contribution is -2.58. The minimum Gasteiger partial charge on any atom is -0.357 e. The predicted molar refractivity (Wildman–Crippen MR) is 102 cm³/mol. The molecule has 0 aliphatic heterocycles. The lowest BCUT2D eigenvalue weighted by Gasteiger charge is -2.43. The molecule has 0 rings (SSSR count). The van der Waals surface area contributed by atoms with Crippen LogP contribution in [0.2, 0.25) is 6.04 Å². The Morgan fingerprint density at radius 2 is 0.917 bits per heavy atom. The molecule has 134 valence electrons. The van der Waals surface area contributed by atoms with Crippen molar-refractivity contribution in [2.24, 2.45) is 0 Å². The van der Waals surface area contributed by atoms with Gasteiger partial charge < -0.3 is 13.3 Å². The smallest absolute Gasteiger partial charge is 0.357 e.